The number of ether oxygens (including phenoxy) is 1. The molecule has 3 aromatic rings. The van der Waals surface area contributed by atoms with Crippen LogP contribution in [0.5, 0.6) is 5.75 Å². The summed E-state index contributed by atoms with van der Waals surface area (Å²) in [7, 11) is 3.55. The van der Waals surface area contributed by atoms with Gasteiger partial charge in [0.05, 0.1) is 30.1 Å². The summed E-state index contributed by atoms with van der Waals surface area (Å²) in [6, 6.07) is 10.1. The van der Waals surface area contributed by atoms with Crippen LogP contribution in [-0.2, 0) is 7.05 Å². The molecule has 1 atom stereocenters. The van der Waals surface area contributed by atoms with Gasteiger partial charge in [0.25, 0.3) is 5.91 Å². The lowest BCUT2D eigenvalue weighted by Gasteiger charge is -2.28. The molecule has 0 saturated carbocycles. The molecule has 3 heterocycles. The fraction of sp³-hybridized carbons (Fsp3) is 0.435. The molecule has 7 heteroatoms. The van der Waals surface area contributed by atoms with Crippen LogP contribution in [0.4, 0.5) is 0 Å². The van der Waals surface area contributed by atoms with E-state index in [1.165, 1.54) is 12.8 Å². The molecule has 0 aliphatic carbocycles. The number of rotatable bonds is 6. The monoisotopic (exact) mass is 407 g/mol. The number of fused-ring (bicyclic) bond motifs is 1. The van der Waals surface area contributed by atoms with Gasteiger partial charge in [-0.05, 0) is 63.5 Å². The minimum atomic E-state index is -0.0998. The van der Waals surface area contributed by atoms with Crippen molar-refractivity contribution in [3.05, 3.63) is 52.8 Å². The molecule has 0 unspecified atom stereocenters. The Morgan fingerprint density at radius 2 is 1.97 bits per heavy atom. The van der Waals surface area contributed by atoms with Crippen LogP contribution in [0.1, 0.15) is 46.2 Å². The zero-order valence-corrected chi connectivity index (χ0v) is 18.1. The molecule has 4 rings (SSSR count). The second-order valence-electron chi connectivity index (χ2n) is 7.95. The fourth-order valence-corrected chi connectivity index (χ4v) is 4.31. The molecule has 1 aromatic carbocycles. The van der Waals surface area contributed by atoms with Crippen molar-refractivity contribution in [1.82, 2.24) is 25.0 Å². The van der Waals surface area contributed by atoms with E-state index in [1.807, 2.05) is 39.1 Å². The minimum Gasteiger partial charge on any atom is -0.497 e. The molecule has 2 aromatic heterocycles. The Kier molecular flexibility index (Phi) is 5.72. The quantitative estimate of drug-likeness (QED) is 0.680. The number of nitrogens with zero attached hydrogens (tertiary/aromatic N) is 4. The van der Waals surface area contributed by atoms with Crippen molar-refractivity contribution in [3.63, 3.8) is 0 Å². The maximum atomic E-state index is 13.1. The van der Waals surface area contributed by atoms with Crippen LogP contribution < -0.4 is 10.1 Å². The summed E-state index contributed by atoms with van der Waals surface area (Å²) >= 11 is 0. The fourth-order valence-electron chi connectivity index (χ4n) is 4.31. The summed E-state index contributed by atoms with van der Waals surface area (Å²) < 4.78 is 7.17. The standard InChI is InChI=1S/C23H29N5O2/c1-15-20(13-19-16(2)26-27(3)22(19)25-15)23(29)24-14-21(28-10-5-6-11-28)17-8-7-9-18(12-17)30-4/h7-9,12-13,21H,5-6,10-11,14H2,1-4H3,(H,24,29)/t21-/m1/s1. The normalized spacial score (nSPS) is 15.5. The van der Waals surface area contributed by atoms with E-state index in [4.69, 9.17) is 4.74 Å². The number of nitrogens with one attached hydrogen (secondary N) is 1. The number of amides is 1. The molecular weight excluding hydrogens is 378 g/mol. The number of likely N-dealkylation sites (tertiary alicyclic amines) is 1. The lowest BCUT2D eigenvalue weighted by Crippen LogP contribution is -2.37. The first-order chi connectivity index (χ1) is 14.5. The van der Waals surface area contributed by atoms with Gasteiger partial charge >= 0.3 is 0 Å². The number of methoxy groups -OCH3 is 1. The average Bonchev–Trinajstić information content (AvgIpc) is 3.36. The molecule has 1 N–H and O–H groups in total. The van der Waals surface area contributed by atoms with Crippen LogP contribution in [0.2, 0.25) is 0 Å². The minimum absolute atomic E-state index is 0.0998. The Hall–Kier alpha value is -2.93. The Morgan fingerprint density at radius 1 is 1.20 bits per heavy atom. The zero-order valence-electron chi connectivity index (χ0n) is 18.1. The van der Waals surface area contributed by atoms with E-state index in [1.54, 1.807) is 11.8 Å². The van der Waals surface area contributed by atoms with E-state index in [2.05, 4.69) is 32.4 Å². The number of hydrogen-bond donors (Lipinski definition) is 1. The molecular formula is C23H29N5O2. The van der Waals surface area contributed by atoms with E-state index in [9.17, 15) is 4.79 Å². The van der Waals surface area contributed by atoms with Gasteiger partial charge in [-0.1, -0.05) is 12.1 Å². The second-order valence-corrected chi connectivity index (χ2v) is 7.95. The van der Waals surface area contributed by atoms with Crippen molar-refractivity contribution in [1.29, 1.82) is 0 Å². The third-order valence-electron chi connectivity index (χ3n) is 5.95. The Morgan fingerprint density at radius 3 is 2.70 bits per heavy atom. The van der Waals surface area contributed by atoms with Crippen molar-refractivity contribution >= 4 is 16.9 Å². The van der Waals surface area contributed by atoms with Gasteiger partial charge < -0.3 is 10.1 Å². The van der Waals surface area contributed by atoms with Crippen LogP contribution in [0.3, 0.4) is 0 Å². The van der Waals surface area contributed by atoms with Crippen molar-refractivity contribution in [2.24, 2.45) is 7.05 Å². The van der Waals surface area contributed by atoms with E-state index < -0.39 is 0 Å². The second kappa shape index (κ2) is 8.44. The summed E-state index contributed by atoms with van der Waals surface area (Å²) in [5, 5.41) is 8.49. The molecule has 30 heavy (non-hydrogen) atoms. The molecule has 158 valence electrons. The highest BCUT2D eigenvalue weighted by Gasteiger charge is 2.25. The molecule has 1 aliphatic heterocycles. The van der Waals surface area contributed by atoms with Crippen LogP contribution in [-0.4, -0.2) is 52.3 Å². The summed E-state index contributed by atoms with van der Waals surface area (Å²) in [4.78, 5) is 20.1. The van der Waals surface area contributed by atoms with E-state index in [0.29, 0.717) is 17.8 Å². The first-order valence-electron chi connectivity index (χ1n) is 10.4. The van der Waals surface area contributed by atoms with Crippen molar-refractivity contribution < 1.29 is 9.53 Å². The van der Waals surface area contributed by atoms with Crippen LogP contribution in [0.15, 0.2) is 30.3 Å². The topological polar surface area (TPSA) is 72.3 Å². The third-order valence-corrected chi connectivity index (χ3v) is 5.95. The number of aromatic nitrogens is 3. The van der Waals surface area contributed by atoms with Gasteiger partial charge in [-0.2, -0.15) is 5.10 Å². The number of carbonyl (C=O) groups is 1. The van der Waals surface area contributed by atoms with Gasteiger partial charge in [-0.3, -0.25) is 14.4 Å². The lowest BCUT2D eigenvalue weighted by molar-refractivity contribution is 0.0937. The van der Waals surface area contributed by atoms with Crippen molar-refractivity contribution in [2.45, 2.75) is 32.7 Å². The molecule has 1 amide bonds. The summed E-state index contributed by atoms with van der Waals surface area (Å²) in [6.07, 6.45) is 2.38. The van der Waals surface area contributed by atoms with Gasteiger partial charge in [0.15, 0.2) is 5.65 Å². The first-order valence-corrected chi connectivity index (χ1v) is 10.4. The summed E-state index contributed by atoms with van der Waals surface area (Å²) in [5.41, 5.74) is 4.14. The van der Waals surface area contributed by atoms with Crippen LogP contribution in [0, 0.1) is 13.8 Å². The SMILES string of the molecule is COc1cccc([C@@H](CNC(=O)c2cc3c(C)nn(C)c3nc2C)N2CCCC2)c1. The van der Waals surface area contributed by atoms with E-state index >= 15 is 0 Å². The third kappa shape index (κ3) is 3.89. The zero-order chi connectivity index (χ0) is 21.3. The number of carbonyl (C=O) groups excluding carboxylic acids is 1. The van der Waals surface area contributed by atoms with Gasteiger partial charge in [0.1, 0.15) is 5.75 Å². The summed E-state index contributed by atoms with van der Waals surface area (Å²) in [5.74, 6) is 0.734. The lowest BCUT2D eigenvalue weighted by atomic mass is 10.0. The first kappa shape index (κ1) is 20.3. The van der Waals surface area contributed by atoms with Gasteiger partial charge in [0, 0.05) is 19.0 Å². The highest BCUT2D eigenvalue weighted by molar-refractivity contribution is 5.98. The highest BCUT2D eigenvalue weighted by atomic mass is 16.5. The molecule has 1 aliphatic rings. The predicted molar refractivity (Wildman–Crippen MR) is 117 cm³/mol. The Bertz CT molecular complexity index is 1070. The van der Waals surface area contributed by atoms with E-state index in [0.717, 1.165) is 41.1 Å². The molecule has 1 fully saturated rings. The Balaban J connectivity index is 1.57. The van der Waals surface area contributed by atoms with Crippen molar-refractivity contribution in [2.75, 3.05) is 26.7 Å². The molecule has 0 bridgehead atoms. The van der Waals surface area contributed by atoms with Crippen LogP contribution in [0.25, 0.3) is 11.0 Å². The number of aryl methyl sites for hydroxylation is 3. The Labute approximate surface area is 177 Å². The van der Waals surface area contributed by atoms with E-state index in [-0.39, 0.29) is 11.9 Å². The molecule has 0 radical (unpaired) electrons. The van der Waals surface area contributed by atoms with Crippen LogP contribution >= 0.6 is 0 Å². The highest BCUT2D eigenvalue weighted by Crippen LogP contribution is 2.27. The molecule has 7 nitrogen and oxygen atoms in total. The smallest absolute Gasteiger partial charge is 0.253 e. The maximum absolute atomic E-state index is 13.1. The maximum Gasteiger partial charge on any atom is 0.253 e. The number of benzene rings is 1. The van der Waals surface area contributed by atoms with Gasteiger partial charge in [-0.15, -0.1) is 0 Å². The summed E-state index contributed by atoms with van der Waals surface area (Å²) in [6.45, 7) is 6.43. The molecule has 1 saturated heterocycles. The predicted octanol–water partition coefficient (Wildman–Crippen LogP) is 3.16. The van der Waals surface area contributed by atoms with Crippen molar-refractivity contribution in [3.8, 4) is 5.75 Å². The number of pyridine rings is 1. The van der Waals surface area contributed by atoms with Gasteiger partial charge in [0.2, 0.25) is 0 Å². The molecule has 0 spiro atoms. The average molecular weight is 408 g/mol. The number of hydrogen-bond acceptors (Lipinski definition) is 5. The van der Waals surface area contributed by atoms with Gasteiger partial charge in [-0.25, -0.2) is 4.98 Å². The largest absolute Gasteiger partial charge is 0.497 e.